The van der Waals surface area contributed by atoms with Crippen LogP contribution in [0.25, 0.3) is 0 Å². The van der Waals surface area contributed by atoms with Gasteiger partial charge in [0.2, 0.25) is 0 Å². The Labute approximate surface area is 132 Å². The molecule has 23 heavy (non-hydrogen) atoms. The van der Waals surface area contributed by atoms with Crippen molar-refractivity contribution >= 4 is 17.7 Å². The van der Waals surface area contributed by atoms with Crippen molar-refractivity contribution in [1.82, 2.24) is 4.90 Å². The molecular weight excluding hydrogens is 298 g/mol. The number of para-hydroxylation sites is 2. The van der Waals surface area contributed by atoms with Crippen molar-refractivity contribution in [2.24, 2.45) is 0 Å². The molecule has 0 N–H and O–H groups in total. The Morgan fingerprint density at radius 1 is 1.09 bits per heavy atom. The van der Waals surface area contributed by atoms with Crippen LogP contribution in [-0.4, -0.2) is 36.3 Å². The van der Waals surface area contributed by atoms with Gasteiger partial charge in [-0.25, -0.2) is 4.90 Å². The fraction of sp³-hybridized carbons (Fsp3) is 0.118. The van der Waals surface area contributed by atoms with Crippen LogP contribution in [0.2, 0.25) is 0 Å². The molecule has 2 aromatic carbocycles. The third-order valence-electron chi connectivity index (χ3n) is 3.46. The quantitative estimate of drug-likeness (QED) is 0.792. The van der Waals surface area contributed by atoms with Crippen molar-refractivity contribution in [3.05, 3.63) is 59.7 Å². The predicted octanol–water partition coefficient (Wildman–Crippen LogP) is 1.90. The lowest BCUT2D eigenvalue weighted by molar-refractivity contribution is -0.128. The first kappa shape index (κ1) is 14.8. The molecule has 0 atom stereocenters. The summed E-state index contributed by atoms with van der Waals surface area (Å²) < 4.78 is 10.4. The van der Waals surface area contributed by atoms with E-state index in [-0.39, 0.29) is 29.2 Å². The van der Waals surface area contributed by atoms with Gasteiger partial charge in [-0.2, -0.15) is 0 Å². The van der Waals surface area contributed by atoms with Crippen molar-refractivity contribution in [1.29, 1.82) is 0 Å². The molecule has 1 heterocycles. The molecule has 3 rings (SSSR count). The van der Waals surface area contributed by atoms with Gasteiger partial charge in [-0.1, -0.05) is 24.3 Å². The minimum Gasteiger partial charge on any atom is -0.496 e. The summed E-state index contributed by atoms with van der Waals surface area (Å²) in [6.07, 6.45) is 0. The highest BCUT2D eigenvalue weighted by molar-refractivity contribution is 6.22. The number of hydrogen-bond donors (Lipinski definition) is 0. The molecule has 0 aromatic heterocycles. The highest BCUT2D eigenvalue weighted by Gasteiger charge is 2.35. The maximum Gasteiger partial charge on any atom is 0.274 e. The molecule has 0 saturated carbocycles. The number of benzene rings is 2. The molecule has 0 spiro atoms. The van der Waals surface area contributed by atoms with Crippen molar-refractivity contribution in [2.45, 2.75) is 0 Å². The first-order valence-corrected chi connectivity index (χ1v) is 6.90. The fourth-order valence-electron chi connectivity index (χ4n) is 2.35. The van der Waals surface area contributed by atoms with E-state index in [0.29, 0.717) is 4.90 Å². The van der Waals surface area contributed by atoms with E-state index in [4.69, 9.17) is 9.47 Å². The largest absolute Gasteiger partial charge is 0.496 e. The SMILES string of the molecule is COc1ccccc1C(=O)N1C(=O)COc2ccccc2C1=O. The van der Waals surface area contributed by atoms with E-state index in [1.165, 1.54) is 19.2 Å². The number of nitrogens with zero attached hydrogens (tertiary/aromatic N) is 1. The molecule has 0 radical (unpaired) electrons. The first-order chi connectivity index (χ1) is 11.1. The molecule has 1 aliphatic rings. The molecule has 6 nitrogen and oxygen atoms in total. The normalized spacial score (nSPS) is 13.9. The Kier molecular flexibility index (Phi) is 3.80. The lowest BCUT2D eigenvalue weighted by atomic mass is 10.1. The van der Waals surface area contributed by atoms with Crippen molar-refractivity contribution in [2.75, 3.05) is 13.7 Å². The molecule has 0 saturated heterocycles. The van der Waals surface area contributed by atoms with Gasteiger partial charge >= 0.3 is 0 Å². The molecule has 0 unspecified atom stereocenters. The van der Waals surface area contributed by atoms with Crippen molar-refractivity contribution in [3.8, 4) is 11.5 Å². The Morgan fingerprint density at radius 2 is 1.78 bits per heavy atom. The van der Waals surface area contributed by atoms with Gasteiger partial charge in [0.15, 0.2) is 6.61 Å². The molecule has 3 amide bonds. The van der Waals surface area contributed by atoms with Crippen LogP contribution >= 0.6 is 0 Å². The third kappa shape index (κ3) is 2.55. The Bertz CT molecular complexity index is 799. The van der Waals surface area contributed by atoms with E-state index in [1.807, 2.05) is 0 Å². The summed E-state index contributed by atoms with van der Waals surface area (Å²) in [5, 5.41) is 0. The number of amides is 3. The first-order valence-electron chi connectivity index (χ1n) is 6.90. The fourth-order valence-corrected chi connectivity index (χ4v) is 2.35. The van der Waals surface area contributed by atoms with Crippen LogP contribution in [0.5, 0.6) is 11.5 Å². The van der Waals surface area contributed by atoms with E-state index in [2.05, 4.69) is 0 Å². The average molecular weight is 311 g/mol. The van der Waals surface area contributed by atoms with Gasteiger partial charge in [0.1, 0.15) is 11.5 Å². The second-order valence-corrected chi connectivity index (χ2v) is 4.82. The van der Waals surface area contributed by atoms with Crippen molar-refractivity contribution < 1.29 is 23.9 Å². The van der Waals surface area contributed by atoms with Crippen LogP contribution in [0.4, 0.5) is 0 Å². The minimum atomic E-state index is -0.738. The molecule has 0 fully saturated rings. The zero-order valence-corrected chi connectivity index (χ0v) is 12.3. The highest BCUT2D eigenvalue weighted by Crippen LogP contribution is 2.26. The van der Waals surface area contributed by atoms with Crippen LogP contribution < -0.4 is 9.47 Å². The number of methoxy groups -OCH3 is 1. The molecule has 0 bridgehead atoms. The van der Waals surface area contributed by atoms with Gasteiger partial charge in [-0.15, -0.1) is 0 Å². The van der Waals surface area contributed by atoms with E-state index in [0.717, 1.165) is 0 Å². The van der Waals surface area contributed by atoms with Gasteiger partial charge in [0, 0.05) is 0 Å². The second kappa shape index (κ2) is 5.92. The van der Waals surface area contributed by atoms with Crippen LogP contribution in [-0.2, 0) is 4.79 Å². The topological polar surface area (TPSA) is 72.9 Å². The molecule has 6 heteroatoms. The predicted molar refractivity (Wildman–Crippen MR) is 80.4 cm³/mol. The summed E-state index contributed by atoms with van der Waals surface area (Å²) in [6.45, 7) is -0.385. The molecule has 116 valence electrons. The van der Waals surface area contributed by atoms with Gasteiger partial charge in [0.25, 0.3) is 17.7 Å². The van der Waals surface area contributed by atoms with Crippen molar-refractivity contribution in [3.63, 3.8) is 0 Å². The summed E-state index contributed by atoms with van der Waals surface area (Å²) in [7, 11) is 1.41. The smallest absolute Gasteiger partial charge is 0.274 e. The van der Waals surface area contributed by atoms with Gasteiger partial charge in [0.05, 0.1) is 18.2 Å². The maximum absolute atomic E-state index is 12.7. The van der Waals surface area contributed by atoms with Gasteiger partial charge < -0.3 is 9.47 Å². The summed E-state index contributed by atoms with van der Waals surface area (Å²) >= 11 is 0. The third-order valence-corrected chi connectivity index (χ3v) is 3.46. The number of carbonyl (C=O) groups is 3. The van der Waals surface area contributed by atoms with E-state index in [1.54, 1.807) is 36.4 Å². The lowest BCUT2D eigenvalue weighted by Gasteiger charge is -2.17. The molecule has 1 aliphatic heterocycles. The molecular formula is C17H13NO5. The monoisotopic (exact) mass is 311 g/mol. The number of carbonyl (C=O) groups excluding carboxylic acids is 3. The maximum atomic E-state index is 12.7. The number of imide groups is 3. The Morgan fingerprint density at radius 3 is 2.57 bits per heavy atom. The summed E-state index contributed by atoms with van der Waals surface area (Å²) in [6, 6.07) is 12.8. The number of ether oxygens (including phenoxy) is 2. The zero-order chi connectivity index (χ0) is 16.4. The van der Waals surface area contributed by atoms with E-state index in [9.17, 15) is 14.4 Å². The number of fused-ring (bicyclic) bond motifs is 1. The minimum absolute atomic E-state index is 0.135. The second-order valence-electron chi connectivity index (χ2n) is 4.82. The van der Waals surface area contributed by atoms with E-state index < -0.39 is 17.7 Å². The Balaban J connectivity index is 2.05. The highest BCUT2D eigenvalue weighted by atomic mass is 16.5. The van der Waals surface area contributed by atoms with Crippen LogP contribution in [0.15, 0.2) is 48.5 Å². The standard InChI is InChI=1S/C17H13NO5/c1-22-13-8-4-2-6-11(13)16(20)18-15(19)10-23-14-9-5-3-7-12(14)17(18)21/h2-9H,10H2,1H3. The van der Waals surface area contributed by atoms with Crippen LogP contribution in [0.1, 0.15) is 20.7 Å². The number of rotatable bonds is 2. The van der Waals surface area contributed by atoms with Crippen LogP contribution in [0, 0.1) is 0 Å². The van der Waals surface area contributed by atoms with Crippen LogP contribution in [0.3, 0.4) is 0 Å². The summed E-state index contributed by atoms with van der Waals surface area (Å²) in [5.74, 6) is -1.60. The molecule has 0 aliphatic carbocycles. The van der Waals surface area contributed by atoms with Gasteiger partial charge in [-0.3, -0.25) is 14.4 Å². The summed E-state index contributed by atoms with van der Waals surface area (Å²) in [4.78, 5) is 38.2. The average Bonchev–Trinajstić information content (AvgIpc) is 2.71. The van der Waals surface area contributed by atoms with Gasteiger partial charge in [-0.05, 0) is 24.3 Å². The summed E-state index contributed by atoms with van der Waals surface area (Å²) in [5.41, 5.74) is 0.303. The lowest BCUT2D eigenvalue weighted by Crippen LogP contribution is -2.42. The number of hydrogen-bond acceptors (Lipinski definition) is 5. The zero-order valence-electron chi connectivity index (χ0n) is 12.3. The molecule has 2 aromatic rings. The van der Waals surface area contributed by atoms with E-state index >= 15 is 0 Å². The Hall–Kier alpha value is -3.15.